The average Bonchev–Trinajstić information content (AvgIpc) is 2.97. The van der Waals surface area contributed by atoms with Crippen LogP contribution < -0.4 is 5.32 Å². The summed E-state index contributed by atoms with van der Waals surface area (Å²) in [5.41, 5.74) is 2.74. The van der Waals surface area contributed by atoms with Gasteiger partial charge < -0.3 is 10.2 Å². The molecule has 1 N–H and O–H groups in total. The first-order chi connectivity index (χ1) is 10.0. The van der Waals surface area contributed by atoms with E-state index in [-0.39, 0.29) is 29.4 Å². The summed E-state index contributed by atoms with van der Waals surface area (Å²) in [5.74, 6) is 1.08. The maximum absolute atomic E-state index is 4.90. The van der Waals surface area contributed by atoms with E-state index in [1.54, 1.807) is 0 Å². The fourth-order valence-corrected chi connectivity index (χ4v) is 2.78. The number of likely N-dealkylation sites (tertiary alicyclic amines) is 1. The lowest BCUT2D eigenvalue weighted by molar-refractivity contribution is 0.480. The van der Waals surface area contributed by atoms with Crippen LogP contribution in [0.5, 0.6) is 0 Å². The number of halogens is 1. The third-order valence-corrected chi connectivity index (χ3v) is 4.16. The van der Waals surface area contributed by atoms with Crippen molar-refractivity contribution in [2.45, 2.75) is 46.0 Å². The number of benzene rings is 1. The summed E-state index contributed by atoms with van der Waals surface area (Å²) in [6.45, 7) is 12.9. The van der Waals surface area contributed by atoms with Gasteiger partial charge in [0.05, 0.1) is 6.54 Å². The molecule has 2 rings (SSSR count). The van der Waals surface area contributed by atoms with Crippen molar-refractivity contribution in [3.05, 3.63) is 35.4 Å². The molecule has 1 aliphatic heterocycles. The molecule has 3 nitrogen and oxygen atoms in total. The molecule has 0 amide bonds. The van der Waals surface area contributed by atoms with Crippen LogP contribution in [0.3, 0.4) is 0 Å². The number of aryl methyl sites for hydroxylation is 1. The zero-order valence-electron chi connectivity index (χ0n) is 14.4. The smallest absolute Gasteiger partial charge is 0.193 e. The Morgan fingerprint density at radius 2 is 1.95 bits per heavy atom. The molecular weight excluding hydrogens is 385 g/mol. The van der Waals surface area contributed by atoms with E-state index in [1.165, 1.54) is 24.0 Å². The minimum absolute atomic E-state index is 0. The first-order valence-corrected chi connectivity index (χ1v) is 8.13. The fourth-order valence-electron chi connectivity index (χ4n) is 2.78. The average molecular weight is 415 g/mol. The van der Waals surface area contributed by atoms with E-state index in [4.69, 9.17) is 4.99 Å². The summed E-state index contributed by atoms with van der Waals surface area (Å²) in [4.78, 5) is 7.29. The van der Waals surface area contributed by atoms with E-state index in [1.807, 2.05) is 0 Å². The number of guanidine groups is 1. The van der Waals surface area contributed by atoms with E-state index in [2.05, 4.69) is 62.2 Å². The van der Waals surface area contributed by atoms with Crippen LogP contribution in [0.1, 0.15) is 44.7 Å². The second kappa shape index (κ2) is 8.75. The molecule has 0 atom stereocenters. The minimum Gasteiger partial charge on any atom is -0.357 e. The van der Waals surface area contributed by atoms with Crippen molar-refractivity contribution in [3.8, 4) is 0 Å². The van der Waals surface area contributed by atoms with Crippen LogP contribution in [-0.4, -0.2) is 37.0 Å². The second-order valence-electron chi connectivity index (χ2n) is 6.62. The van der Waals surface area contributed by atoms with Crippen molar-refractivity contribution < 1.29 is 0 Å². The molecule has 124 valence electrons. The molecule has 1 aromatic rings. The van der Waals surface area contributed by atoms with Crippen LogP contribution in [0.4, 0.5) is 0 Å². The zero-order chi connectivity index (χ0) is 15.3. The topological polar surface area (TPSA) is 27.6 Å². The van der Waals surface area contributed by atoms with Crippen LogP contribution in [0.2, 0.25) is 0 Å². The Kier molecular flexibility index (Phi) is 7.66. The number of aliphatic imine (C=N–C) groups is 1. The van der Waals surface area contributed by atoms with Gasteiger partial charge in [0.1, 0.15) is 0 Å². The predicted molar refractivity (Wildman–Crippen MR) is 106 cm³/mol. The fraction of sp³-hybridized carbons (Fsp3) is 0.611. The second-order valence-corrected chi connectivity index (χ2v) is 6.62. The summed E-state index contributed by atoms with van der Waals surface area (Å²) < 4.78 is 0. The highest BCUT2D eigenvalue weighted by atomic mass is 127. The highest BCUT2D eigenvalue weighted by Crippen LogP contribution is 2.24. The summed E-state index contributed by atoms with van der Waals surface area (Å²) in [5, 5.41) is 3.44. The van der Waals surface area contributed by atoms with Gasteiger partial charge >= 0.3 is 0 Å². The third-order valence-electron chi connectivity index (χ3n) is 4.16. The molecule has 1 saturated heterocycles. The summed E-state index contributed by atoms with van der Waals surface area (Å²) in [6, 6.07) is 8.78. The largest absolute Gasteiger partial charge is 0.357 e. The van der Waals surface area contributed by atoms with E-state index in [0.29, 0.717) is 0 Å². The monoisotopic (exact) mass is 415 g/mol. The number of nitrogens with zero attached hydrogens (tertiary/aromatic N) is 2. The standard InChI is InChI=1S/C18H29N3.HI/c1-5-19-17(21-11-6-7-12-21)20-14-18(3,4)16-10-8-9-15(2)13-16;/h8-10,13H,5-7,11-12,14H2,1-4H3,(H,19,20);1H. The first kappa shape index (κ1) is 19.3. The zero-order valence-corrected chi connectivity index (χ0v) is 16.7. The summed E-state index contributed by atoms with van der Waals surface area (Å²) in [6.07, 6.45) is 2.57. The van der Waals surface area contributed by atoms with Crippen LogP contribution in [0.25, 0.3) is 0 Å². The lowest BCUT2D eigenvalue weighted by Crippen LogP contribution is -2.40. The van der Waals surface area contributed by atoms with Crippen molar-refractivity contribution in [3.63, 3.8) is 0 Å². The molecule has 1 fully saturated rings. The van der Waals surface area contributed by atoms with Crippen molar-refractivity contribution >= 4 is 29.9 Å². The molecule has 0 bridgehead atoms. The van der Waals surface area contributed by atoms with Gasteiger partial charge in [-0.3, -0.25) is 4.99 Å². The van der Waals surface area contributed by atoms with Crippen molar-refractivity contribution in [2.24, 2.45) is 4.99 Å². The molecule has 0 aromatic heterocycles. The van der Waals surface area contributed by atoms with E-state index in [9.17, 15) is 0 Å². The predicted octanol–water partition coefficient (Wildman–Crippen LogP) is 3.95. The van der Waals surface area contributed by atoms with Gasteiger partial charge in [0.2, 0.25) is 0 Å². The third kappa shape index (κ3) is 5.14. The van der Waals surface area contributed by atoms with Gasteiger partial charge in [0, 0.05) is 25.0 Å². The van der Waals surface area contributed by atoms with Crippen molar-refractivity contribution in [2.75, 3.05) is 26.2 Å². The molecule has 0 radical (unpaired) electrons. The molecule has 0 unspecified atom stereocenters. The van der Waals surface area contributed by atoms with Crippen molar-refractivity contribution in [1.29, 1.82) is 0 Å². The number of rotatable bonds is 4. The maximum atomic E-state index is 4.90. The van der Waals surface area contributed by atoms with Crippen LogP contribution in [0, 0.1) is 6.92 Å². The van der Waals surface area contributed by atoms with Gasteiger partial charge in [-0.05, 0) is 32.3 Å². The molecule has 22 heavy (non-hydrogen) atoms. The number of hydrogen-bond donors (Lipinski definition) is 1. The SMILES string of the molecule is CCNC(=NCC(C)(C)c1cccc(C)c1)N1CCCC1.I. The molecule has 1 aliphatic rings. The Morgan fingerprint density at radius 1 is 1.27 bits per heavy atom. The van der Waals surface area contributed by atoms with Gasteiger partial charge in [-0.2, -0.15) is 0 Å². The van der Waals surface area contributed by atoms with Gasteiger partial charge in [0.25, 0.3) is 0 Å². The Hall–Kier alpha value is -0.780. The van der Waals surface area contributed by atoms with E-state index in [0.717, 1.165) is 32.1 Å². The lowest BCUT2D eigenvalue weighted by atomic mass is 9.84. The lowest BCUT2D eigenvalue weighted by Gasteiger charge is -2.26. The molecular formula is C18H30IN3. The van der Waals surface area contributed by atoms with E-state index < -0.39 is 0 Å². The first-order valence-electron chi connectivity index (χ1n) is 8.13. The quantitative estimate of drug-likeness (QED) is 0.458. The van der Waals surface area contributed by atoms with E-state index >= 15 is 0 Å². The maximum Gasteiger partial charge on any atom is 0.193 e. The van der Waals surface area contributed by atoms with Gasteiger partial charge in [-0.15, -0.1) is 24.0 Å². The molecule has 4 heteroatoms. The summed E-state index contributed by atoms with van der Waals surface area (Å²) >= 11 is 0. The Balaban J connectivity index is 0.00000242. The highest BCUT2D eigenvalue weighted by Gasteiger charge is 2.22. The molecule has 1 heterocycles. The normalized spacial score (nSPS) is 15.6. The molecule has 0 aliphatic carbocycles. The number of nitrogens with one attached hydrogen (secondary N) is 1. The Bertz CT molecular complexity index is 491. The summed E-state index contributed by atoms with van der Waals surface area (Å²) in [7, 11) is 0. The van der Waals surface area contributed by atoms with Crippen molar-refractivity contribution in [1.82, 2.24) is 10.2 Å². The highest BCUT2D eigenvalue weighted by molar-refractivity contribution is 14.0. The molecule has 0 spiro atoms. The van der Waals surface area contributed by atoms with Gasteiger partial charge in [-0.1, -0.05) is 43.7 Å². The Morgan fingerprint density at radius 3 is 2.55 bits per heavy atom. The van der Waals surface area contributed by atoms with Gasteiger partial charge in [0.15, 0.2) is 5.96 Å². The van der Waals surface area contributed by atoms with Crippen LogP contribution in [0.15, 0.2) is 29.3 Å². The minimum atomic E-state index is 0. The molecule has 0 saturated carbocycles. The van der Waals surface area contributed by atoms with Crippen LogP contribution >= 0.6 is 24.0 Å². The van der Waals surface area contributed by atoms with Crippen LogP contribution in [-0.2, 0) is 5.41 Å². The Labute approximate surface area is 152 Å². The number of hydrogen-bond acceptors (Lipinski definition) is 1. The molecule has 1 aromatic carbocycles. The van der Waals surface area contributed by atoms with Gasteiger partial charge in [-0.25, -0.2) is 0 Å².